The Hall–Kier alpha value is -1.12. The molecular formula is C18H25NS. The largest absolute Gasteiger partial charge is 0.309 e. The van der Waals surface area contributed by atoms with Gasteiger partial charge in [-0.3, -0.25) is 0 Å². The summed E-state index contributed by atoms with van der Waals surface area (Å²) < 4.78 is 0. The smallest absolute Gasteiger partial charge is 0.0294 e. The van der Waals surface area contributed by atoms with E-state index in [1.165, 1.54) is 21.6 Å². The summed E-state index contributed by atoms with van der Waals surface area (Å²) >= 11 is 1.84. The van der Waals surface area contributed by atoms with E-state index in [0.29, 0.717) is 6.04 Å². The van der Waals surface area contributed by atoms with Crippen LogP contribution in [0.5, 0.6) is 0 Å². The second-order valence-corrected chi connectivity index (χ2v) is 7.27. The van der Waals surface area contributed by atoms with E-state index in [4.69, 9.17) is 0 Å². The van der Waals surface area contributed by atoms with Crippen LogP contribution in [0.2, 0.25) is 0 Å². The summed E-state index contributed by atoms with van der Waals surface area (Å²) in [6.07, 6.45) is 0. The molecule has 1 aromatic carbocycles. The molecule has 0 fully saturated rings. The third-order valence-electron chi connectivity index (χ3n) is 3.93. The van der Waals surface area contributed by atoms with Crippen molar-refractivity contribution in [3.63, 3.8) is 0 Å². The molecule has 0 aliphatic heterocycles. The number of hydrogen-bond donors (Lipinski definition) is 1. The lowest BCUT2D eigenvalue weighted by atomic mass is 9.90. The maximum atomic E-state index is 3.69. The topological polar surface area (TPSA) is 12.0 Å². The predicted octanol–water partition coefficient (Wildman–Crippen LogP) is 4.99. The lowest BCUT2D eigenvalue weighted by molar-refractivity contribution is 0.441. The third kappa shape index (κ3) is 3.50. The molecule has 0 radical (unpaired) electrons. The van der Waals surface area contributed by atoms with Gasteiger partial charge in [-0.2, -0.15) is 0 Å². The summed E-state index contributed by atoms with van der Waals surface area (Å²) in [7, 11) is 0. The zero-order chi connectivity index (χ0) is 14.8. The van der Waals surface area contributed by atoms with E-state index in [1.54, 1.807) is 0 Å². The van der Waals surface area contributed by atoms with Gasteiger partial charge in [0.05, 0.1) is 0 Å². The van der Waals surface area contributed by atoms with Crippen molar-refractivity contribution in [2.45, 2.75) is 46.1 Å². The van der Waals surface area contributed by atoms with Gasteiger partial charge in [-0.1, -0.05) is 43.7 Å². The summed E-state index contributed by atoms with van der Waals surface area (Å²) in [6, 6.07) is 11.5. The highest BCUT2D eigenvalue weighted by Crippen LogP contribution is 2.28. The highest BCUT2D eigenvalue weighted by atomic mass is 32.1. The summed E-state index contributed by atoms with van der Waals surface area (Å²) in [6.45, 7) is 12.2. The van der Waals surface area contributed by atoms with Crippen LogP contribution in [-0.4, -0.2) is 6.54 Å². The molecule has 1 heterocycles. The van der Waals surface area contributed by atoms with Gasteiger partial charge in [0.15, 0.2) is 0 Å². The Morgan fingerprint density at radius 3 is 2.55 bits per heavy atom. The molecule has 2 heteroatoms. The molecule has 108 valence electrons. The molecule has 2 aromatic rings. The molecule has 0 amide bonds. The van der Waals surface area contributed by atoms with E-state index >= 15 is 0 Å². The first-order chi connectivity index (χ1) is 9.40. The van der Waals surface area contributed by atoms with Gasteiger partial charge in [-0.25, -0.2) is 0 Å². The SMILES string of the molecule is Cc1ccc(C(C)NCC(C)(C)c2cccs2)c(C)c1. The number of benzene rings is 1. The van der Waals surface area contributed by atoms with Crippen molar-refractivity contribution in [3.05, 3.63) is 57.3 Å². The van der Waals surface area contributed by atoms with Crippen LogP contribution >= 0.6 is 11.3 Å². The molecule has 1 unspecified atom stereocenters. The highest BCUT2D eigenvalue weighted by Gasteiger charge is 2.22. The van der Waals surface area contributed by atoms with Crippen molar-refractivity contribution < 1.29 is 0 Å². The minimum absolute atomic E-state index is 0.182. The van der Waals surface area contributed by atoms with E-state index in [-0.39, 0.29) is 5.41 Å². The van der Waals surface area contributed by atoms with Crippen molar-refractivity contribution in [1.82, 2.24) is 5.32 Å². The third-order valence-corrected chi connectivity index (χ3v) is 5.17. The number of rotatable bonds is 5. The normalized spacial score (nSPS) is 13.4. The average molecular weight is 287 g/mol. The Balaban J connectivity index is 2.03. The molecule has 0 saturated heterocycles. The molecule has 0 saturated carbocycles. The van der Waals surface area contributed by atoms with Gasteiger partial charge in [-0.15, -0.1) is 11.3 Å². The lowest BCUT2D eigenvalue weighted by Crippen LogP contribution is -2.34. The van der Waals surface area contributed by atoms with Gasteiger partial charge in [-0.05, 0) is 43.3 Å². The second-order valence-electron chi connectivity index (χ2n) is 6.32. The van der Waals surface area contributed by atoms with Crippen molar-refractivity contribution in [2.24, 2.45) is 0 Å². The van der Waals surface area contributed by atoms with E-state index in [9.17, 15) is 0 Å². The van der Waals surface area contributed by atoms with E-state index in [1.807, 2.05) is 11.3 Å². The molecule has 2 rings (SSSR count). The lowest BCUT2D eigenvalue weighted by Gasteiger charge is -2.27. The molecule has 1 nitrogen and oxygen atoms in total. The molecule has 0 aliphatic carbocycles. The summed E-state index contributed by atoms with van der Waals surface area (Å²) in [5.74, 6) is 0. The van der Waals surface area contributed by atoms with Crippen LogP contribution in [0.15, 0.2) is 35.7 Å². The standard InChI is InChI=1S/C18H25NS/c1-13-8-9-16(14(2)11-13)15(3)19-12-18(4,5)17-7-6-10-20-17/h6-11,15,19H,12H2,1-5H3. The number of hydrogen-bond acceptors (Lipinski definition) is 2. The molecule has 1 aromatic heterocycles. The molecular weight excluding hydrogens is 262 g/mol. The first kappa shape index (κ1) is 15.3. The van der Waals surface area contributed by atoms with Gasteiger partial charge in [0.2, 0.25) is 0 Å². The fraction of sp³-hybridized carbons (Fsp3) is 0.444. The summed E-state index contributed by atoms with van der Waals surface area (Å²) in [5.41, 5.74) is 4.29. The van der Waals surface area contributed by atoms with Gasteiger partial charge >= 0.3 is 0 Å². The maximum Gasteiger partial charge on any atom is 0.0294 e. The minimum atomic E-state index is 0.182. The Bertz CT molecular complexity index is 555. The molecule has 0 aliphatic rings. The van der Waals surface area contributed by atoms with Crippen LogP contribution in [0.1, 0.15) is 48.4 Å². The number of thiophene rings is 1. The molecule has 0 bridgehead atoms. The van der Waals surface area contributed by atoms with E-state index in [0.717, 1.165) is 6.54 Å². The predicted molar refractivity (Wildman–Crippen MR) is 89.7 cm³/mol. The fourth-order valence-electron chi connectivity index (χ4n) is 2.58. The summed E-state index contributed by atoms with van der Waals surface area (Å²) in [4.78, 5) is 1.44. The first-order valence-corrected chi connectivity index (χ1v) is 8.12. The minimum Gasteiger partial charge on any atom is -0.309 e. The van der Waals surface area contributed by atoms with Crippen LogP contribution in [-0.2, 0) is 5.41 Å². The van der Waals surface area contributed by atoms with Crippen molar-refractivity contribution in [1.29, 1.82) is 0 Å². The molecule has 0 spiro atoms. The second kappa shape index (κ2) is 6.11. The van der Waals surface area contributed by atoms with Crippen molar-refractivity contribution in [2.75, 3.05) is 6.54 Å². The number of nitrogens with one attached hydrogen (secondary N) is 1. The molecule has 20 heavy (non-hydrogen) atoms. The van der Waals surface area contributed by atoms with Crippen LogP contribution in [0.4, 0.5) is 0 Å². The van der Waals surface area contributed by atoms with Gasteiger partial charge in [0.1, 0.15) is 0 Å². The van der Waals surface area contributed by atoms with Crippen LogP contribution < -0.4 is 5.32 Å². The van der Waals surface area contributed by atoms with Crippen molar-refractivity contribution >= 4 is 11.3 Å². The monoisotopic (exact) mass is 287 g/mol. The van der Waals surface area contributed by atoms with Gasteiger partial charge in [0.25, 0.3) is 0 Å². The zero-order valence-electron chi connectivity index (χ0n) is 13.2. The van der Waals surface area contributed by atoms with E-state index in [2.05, 4.69) is 75.6 Å². The maximum absolute atomic E-state index is 3.69. The summed E-state index contributed by atoms with van der Waals surface area (Å²) in [5, 5.41) is 5.85. The van der Waals surface area contributed by atoms with Crippen molar-refractivity contribution in [3.8, 4) is 0 Å². The molecule has 1 atom stereocenters. The van der Waals surface area contributed by atoms with Gasteiger partial charge < -0.3 is 5.32 Å². The Kier molecular flexibility index (Phi) is 4.66. The first-order valence-electron chi connectivity index (χ1n) is 7.25. The van der Waals surface area contributed by atoms with E-state index < -0.39 is 0 Å². The fourth-order valence-corrected chi connectivity index (χ4v) is 3.43. The Morgan fingerprint density at radius 2 is 1.95 bits per heavy atom. The van der Waals surface area contributed by atoms with Crippen LogP contribution in [0, 0.1) is 13.8 Å². The Morgan fingerprint density at radius 1 is 1.20 bits per heavy atom. The van der Waals surface area contributed by atoms with Crippen LogP contribution in [0.3, 0.4) is 0 Å². The zero-order valence-corrected chi connectivity index (χ0v) is 14.0. The molecule has 1 N–H and O–H groups in total. The van der Waals surface area contributed by atoms with Gasteiger partial charge in [0, 0.05) is 22.9 Å². The highest BCUT2D eigenvalue weighted by molar-refractivity contribution is 7.10. The van der Waals surface area contributed by atoms with Crippen LogP contribution in [0.25, 0.3) is 0 Å². The quantitative estimate of drug-likeness (QED) is 0.816. The average Bonchev–Trinajstić information content (AvgIpc) is 2.90. The number of aryl methyl sites for hydroxylation is 2. The Labute approximate surface area is 127 Å².